The molecule has 0 atom stereocenters. The third kappa shape index (κ3) is 5.51. The molecule has 2 rings (SSSR count). The molecule has 0 saturated carbocycles. The number of benzene rings is 2. The van der Waals surface area contributed by atoms with E-state index in [1.165, 1.54) is 17.0 Å². The van der Waals surface area contributed by atoms with Gasteiger partial charge >= 0.3 is 5.97 Å². The first kappa shape index (κ1) is 23.2. The molecule has 0 heterocycles. The number of amides is 1. The number of rotatable bonds is 8. The van der Waals surface area contributed by atoms with Crippen molar-refractivity contribution < 1.29 is 24.9 Å². The summed E-state index contributed by atoms with van der Waals surface area (Å²) in [6.45, 7) is 7.68. The average Bonchev–Trinajstić information content (AvgIpc) is 2.66. The van der Waals surface area contributed by atoms with Gasteiger partial charge in [-0.1, -0.05) is 38.1 Å². The number of nitrogens with zero attached hydrogens (tertiary/aromatic N) is 1. The van der Waals surface area contributed by atoms with Crippen molar-refractivity contribution in [3.63, 3.8) is 0 Å². The van der Waals surface area contributed by atoms with E-state index in [0.29, 0.717) is 18.7 Å². The van der Waals surface area contributed by atoms with Gasteiger partial charge < -0.3 is 20.2 Å². The minimum absolute atomic E-state index is 0.00157. The van der Waals surface area contributed by atoms with Crippen LogP contribution in [0.5, 0.6) is 11.5 Å². The summed E-state index contributed by atoms with van der Waals surface area (Å²) in [5.74, 6) is -1.58. The van der Waals surface area contributed by atoms with Crippen LogP contribution >= 0.6 is 0 Å². The Morgan fingerprint density at radius 3 is 2.30 bits per heavy atom. The fourth-order valence-electron chi connectivity index (χ4n) is 3.02. The van der Waals surface area contributed by atoms with Gasteiger partial charge in [-0.15, -0.1) is 0 Å². The lowest BCUT2D eigenvalue weighted by atomic mass is 9.98. The number of hydrogen-bond donors (Lipinski definition) is 4. The Bertz CT molecular complexity index is 937. The van der Waals surface area contributed by atoms with Gasteiger partial charge in [-0.05, 0) is 42.5 Å². The maximum absolute atomic E-state index is 12.9. The number of phenols is 2. The molecule has 7 heteroatoms. The molecule has 1 amide bonds. The van der Waals surface area contributed by atoms with Gasteiger partial charge in [0.2, 0.25) is 0 Å². The molecule has 30 heavy (non-hydrogen) atoms. The predicted octanol–water partition coefficient (Wildman–Crippen LogP) is 3.45. The lowest BCUT2D eigenvalue weighted by molar-refractivity contribution is -0.143. The van der Waals surface area contributed by atoms with Crippen LogP contribution in [0, 0.1) is 0 Å². The Morgan fingerprint density at radius 2 is 1.70 bits per heavy atom. The number of carbonyl (C=O) groups excluding carboxylic acids is 1. The summed E-state index contributed by atoms with van der Waals surface area (Å²) in [7, 11) is 1.64. The number of carboxylic acid groups (broad SMARTS) is 1. The first-order valence-corrected chi connectivity index (χ1v) is 9.80. The first-order valence-electron chi connectivity index (χ1n) is 9.80. The Morgan fingerprint density at radius 1 is 1.07 bits per heavy atom. The summed E-state index contributed by atoms with van der Waals surface area (Å²) in [6, 6.07) is 10.3. The van der Waals surface area contributed by atoms with Gasteiger partial charge in [0.1, 0.15) is 17.0 Å². The summed E-state index contributed by atoms with van der Waals surface area (Å²) in [4.78, 5) is 25.6. The van der Waals surface area contributed by atoms with E-state index in [-0.39, 0.29) is 28.9 Å². The molecular weight excluding hydrogens is 384 g/mol. The molecule has 0 bridgehead atoms. The minimum Gasteiger partial charge on any atom is -0.508 e. The van der Waals surface area contributed by atoms with E-state index in [1.807, 2.05) is 38.1 Å². The van der Waals surface area contributed by atoms with Crippen molar-refractivity contribution in [2.45, 2.75) is 52.2 Å². The van der Waals surface area contributed by atoms with Gasteiger partial charge in [0.05, 0.1) is 5.56 Å². The number of carbonyl (C=O) groups is 2. The lowest BCUT2D eigenvalue weighted by Gasteiger charge is -2.22. The van der Waals surface area contributed by atoms with Crippen LogP contribution in [0.25, 0.3) is 0 Å². The highest BCUT2D eigenvalue weighted by atomic mass is 16.4. The van der Waals surface area contributed by atoms with E-state index >= 15 is 0 Å². The number of aliphatic carboxylic acids is 1. The van der Waals surface area contributed by atoms with Crippen LogP contribution in [0.3, 0.4) is 0 Å². The smallest absolute Gasteiger partial charge is 0.323 e. The van der Waals surface area contributed by atoms with Crippen LogP contribution in [0.15, 0.2) is 36.4 Å². The van der Waals surface area contributed by atoms with Crippen molar-refractivity contribution in [2.24, 2.45) is 0 Å². The zero-order valence-electron chi connectivity index (χ0n) is 18.1. The molecule has 0 aliphatic rings. The van der Waals surface area contributed by atoms with Gasteiger partial charge in [0.25, 0.3) is 5.91 Å². The molecule has 7 nitrogen and oxygen atoms in total. The maximum Gasteiger partial charge on any atom is 0.323 e. The number of carboxylic acids is 1. The van der Waals surface area contributed by atoms with Crippen LogP contribution < -0.4 is 5.32 Å². The van der Waals surface area contributed by atoms with E-state index in [1.54, 1.807) is 20.9 Å². The fraction of sp³-hybridized carbons (Fsp3) is 0.391. The van der Waals surface area contributed by atoms with E-state index in [0.717, 1.165) is 11.1 Å². The summed E-state index contributed by atoms with van der Waals surface area (Å²) in [5, 5.41) is 32.4. The van der Waals surface area contributed by atoms with Crippen LogP contribution in [-0.2, 0) is 17.9 Å². The third-order valence-electron chi connectivity index (χ3n) is 5.02. The zero-order chi connectivity index (χ0) is 22.6. The Balaban J connectivity index is 2.15. The molecule has 0 aliphatic heterocycles. The van der Waals surface area contributed by atoms with Crippen LogP contribution in [0.4, 0.5) is 0 Å². The summed E-state index contributed by atoms with van der Waals surface area (Å²) in [5.41, 5.74) is 1.46. The maximum atomic E-state index is 12.9. The van der Waals surface area contributed by atoms with Gasteiger partial charge in [0.15, 0.2) is 0 Å². The summed E-state index contributed by atoms with van der Waals surface area (Å²) < 4.78 is 0. The molecule has 0 aliphatic carbocycles. The third-order valence-corrected chi connectivity index (χ3v) is 5.02. The van der Waals surface area contributed by atoms with E-state index < -0.39 is 11.5 Å². The largest absolute Gasteiger partial charge is 0.508 e. The van der Waals surface area contributed by atoms with E-state index in [4.69, 9.17) is 0 Å². The Labute approximate surface area is 177 Å². The van der Waals surface area contributed by atoms with Crippen LogP contribution in [0.2, 0.25) is 0 Å². The molecular formula is C23H30N2O5. The van der Waals surface area contributed by atoms with Crippen LogP contribution in [0.1, 0.15) is 60.7 Å². The standard InChI is InChI=1S/C23H30N2O5/c1-14(2)17-10-18(20(27)11-19(17)26)21(28)25(5)13-16-8-6-7-15(9-16)12-24-23(3,4)22(29)30/h6-11,14,24,26-27H,12-13H2,1-5H3,(H,29,30). The number of phenolic OH excluding ortho intramolecular Hbond substituents is 2. The van der Waals surface area contributed by atoms with Crippen LogP contribution in [-0.4, -0.2) is 44.7 Å². The topological polar surface area (TPSA) is 110 Å². The van der Waals surface area contributed by atoms with E-state index in [2.05, 4.69) is 5.32 Å². The molecule has 4 N–H and O–H groups in total. The van der Waals surface area contributed by atoms with Crippen molar-refractivity contribution in [1.29, 1.82) is 0 Å². The quantitative estimate of drug-likeness (QED) is 0.527. The fourth-order valence-corrected chi connectivity index (χ4v) is 3.02. The van der Waals surface area contributed by atoms with Crippen molar-refractivity contribution in [3.05, 3.63) is 58.7 Å². The lowest BCUT2D eigenvalue weighted by Crippen LogP contribution is -2.46. The highest BCUT2D eigenvalue weighted by Crippen LogP contribution is 2.32. The predicted molar refractivity (Wildman–Crippen MR) is 115 cm³/mol. The number of nitrogens with one attached hydrogen (secondary N) is 1. The molecule has 0 fully saturated rings. The van der Waals surface area contributed by atoms with Crippen molar-refractivity contribution in [2.75, 3.05) is 7.05 Å². The normalized spacial score (nSPS) is 11.5. The second-order valence-corrected chi connectivity index (χ2v) is 8.35. The van der Waals surface area contributed by atoms with Crippen molar-refractivity contribution >= 4 is 11.9 Å². The second-order valence-electron chi connectivity index (χ2n) is 8.35. The number of hydrogen-bond acceptors (Lipinski definition) is 5. The van der Waals surface area contributed by atoms with Gasteiger partial charge in [0, 0.05) is 26.2 Å². The molecule has 0 aromatic heterocycles. The van der Waals surface area contributed by atoms with Crippen molar-refractivity contribution in [3.8, 4) is 11.5 Å². The van der Waals surface area contributed by atoms with Gasteiger partial charge in [-0.3, -0.25) is 14.9 Å². The summed E-state index contributed by atoms with van der Waals surface area (Å²) in [6.07, 6.45) is 0. The first-order chi connectivity index (χ1) is 13.9. The van der Waals surface area contributed by atoms with Crippen molar-refractivity contribution in [1.82, 2.24) is 10.2 Å². The zero-order valence-corrected chi connectivity index (χ0v) is 18.1. The molecule has 0 spiro atoms. The van der Waals surface area contributed by atoms with E-state index in [9.17, 15) is 24.9 Å². The monoisotopic (exact) mass is 414 g/mol. The highest BCUT2D eigenvalue weighted by molar-refractivity contribution is 5.97. The Hall–Kier alpha value is -3.06. The Kier molecular flexibility index (Phi) is 7.10. The average molecular weight is 415 g/mol. The molecule has 0 radical (unpaired) electrons. The SMILES string of the molecule is CC(C)c1cc(C(=O)N(C)Cc2cccc(CNC(C)(C)C(=O)O)c2)c(O)cc1O. The molecule has 0 saturated heterocycles. The summed E-state index contributed by atoms with van der Waals surface area (Å²) >= 11 is 0. The number of aromatic hydroxyl groups is 2. The van der Waals surface area contributed by atoms with Gasteiger partial charge in [-0.2, -0.15) is 0 Å². The molecule has 2 aromatic carbocycles. The molecule has 0 unspecified atom stereocenters. The minimum atomic E-state index is -1.05. The highest BCUT2D eigenvalue weighted by Gasteiger charge is 2.26. The molecule has 2 aromatic rings. The van der Waals surface area contributed by atoms with Gasteiger partial charge in [-0.25, -0.2) is 0 Å². The second kappa shape index (κ2) is 9.17. The molecule has 162 valence electrons.